The standard InChI is InChI=1S/C9H20N2O/c1-2-10-5-6-11-9-3-7-12-8-4-9/h9-11H,2-8H2,1H3. The fourth-order valence-electron chi connectivity index (χ4n) is 1.44. The van der Waals surface area contributed by atoms with Crippen LogP contribution in [-0.4, -0.2) is 38.9 Å². The SMILES string of the molecule is CCNCCNC1CCOCC1. The van der Waals surface area contributed by atoms with Crippen molar-refractivity contribution in [1.82, 2.24) is 10.6 Å². The van der Waals surface area contributed by atoms with Crippen LogP contribution in [0, 0.1) is 0 Å². The normalized spacial score (nSPS) is 19.8. The highest BCUT2D eigenvalue weighted by Crippen LogP contribution is 2.04. The molecule has 2 N–H and O–H groups in total. The molecule has 0 aromatic rings. The van der Waals surface area contributed by atoms with Gasteiger partial charge in [0.15, 0.2) is 0 Å². The highest BCUT2D eigenvalue weighted by molar-refractivity contribution is 4.69. The van der Waals surface area contributed by atoms with E-state index in [1.54, 1.807) is 0 Å². The molecule has 0 aliphatic carbocycles. The van der Waals surface area contributed by atoms with Gasteiger partial charge in [0, 0.05) is 32.3 Å². The van der Waals surface area contributed by atoms with Gasteiger partial charge in [-0.05, 0) is 19.4 Å². The summed E-state index contributed by atoms with van der Waals surface area (Å²) in [5.74, 6) is 0. The van der Waals surface area contributed by atoms with Crippen molar-refractivity contribution in [3.05, 3.63) is 0 Å². The summed E-state index contributed by atoms with van der Waals surface area (Å²) in [4.78, 5) is 0. The van der Waals surface area contributed by atoms with Gasteiger partial charge in [-0.25, -0.2) is 0 Å². The molecular formula is C9H20N2O. The summed E-state index contributed by atoms with van der Waals surface area (Å²) in [6.45, 7) is 7.22. The van der Waals surface area contributed by atoms with Crippen LogP contribution in [0.15, 0.2) is 0 Å². The lowest BCUT2D eigenvalue weighted by Gasteiger charge is -2.23. The predicted octanol–water partition coefficient (Wildman–Crippen LogP) is 0.364. The second kappa shape index (κ2) is 6.40. The van der Waals surface area contributed by atoms with Gasteiger partial charge in [0.1, 0.15) is 0 Å². The third-order valence-electron chi connectivity index (χ3n) is 2.21. The summed E-state index contributed by atoms with van der Waals surface area (Å²) in [6, 6.07) is 0.692. The van der Waals surface area contributed by atoms with E-state index in [1.807, 2.05) is 0 Å². The van der Waals surface area contributed by atoms with Crippen LogP contribution >= 0.6 is 0 Å². The quantitative estimate of drug-likeness (QED) is 0.588. The number of likely N-dealkylation sites (N-methyl/N-ethyl adjacent to an activating group) is 1. The van der Waals surface area contributed by atoms with Crippen LogP contribution in [0.3, 0.4) is 0 Å². The van der Waals surface area contributed by atoms with Crippen molar-refractivity contribution in [3.63, 3.8) is 0 Å². The van der Waals surface area contributed by atoms with Crippen molar-refractivity contribution in [1.29, 1.82) is 0 Å². The maximum absolute atomic E-state index is 5.27. The molecule has 0 amide bonds. The second-order valence-corrected chi connectivity index (χ2v) is 3.19. The largest absolute Gasteiger partial charge is 0.381 e. The Morgan fingerprint density at radius 3 is 2.67 bits per heavy atom. The van der Waals surface area contributed by atoms with Crippen LogP contribution in [0.4, 0.5) is 0 Å². The maximum atomic E-state index is 5.27. The maximum Gasteiger partial charge on any atom is 0.0480 e. The molecule has 1 fully saturated rings. The van der Waals surface area contributed by atoms with E-state index >= 15 is 0 Å². The lowest BCUT2D eigenvalue weighted by Crippen LogP contribution is -2.38. The Labute approximate surface area is 74.9 Å². The van der Waals surface area contributed by atoms with Gasteiger partial charge in [-0.3, -0.25) is 0 Å². The molecule has 1 rings (SSSR count). The molecule has 12 heavy (non-hydrogen) atoms. The van der Waals surface area contributed by atoms with Gasteiger partial charge >= 0.3 is 0 Å². The van der Waals surface area contributed by atoms with E-state index < -0.39 is 0 Å². The number of hydrogen-bond acceptors (Lipinski definition) is 3. The predicted molar refractivity (Wildman–Crippen MR) is 50.4 cm³/mol. The minimum atomic E-state index is 0.692. The first-order valence-electron chi connectivity index (χ1n) is 4.95. The van der Waals surface area contributed by atoms with Crippen LogP contribution in [0.1, 0.15) is 19.8 Å². The lowest BCUT2D eigenvalue weighted by atomic mass is 10.1. The molecule has 0 aromatic heterocycles. The van der Waals surface area contributed by atoms with E-state index in [9.17, 15) is 0 Å². The monoisotopic (exact) mass is 172 g/mol. The average Bonchev–Trinajstić information content (AvgIpc) is 2.14. The molecule has 0 saturated carbocycles. The molecule has 0 unspecified atom stereocenters. The number of nitrogens with one attached hydrogen (secondary N) is 2. The number of hydrogen-bond donors (Lipinski definition) is 2. The first kappa shape index (κ1) is 9.96. The van der Waals surface area contributed by atoms with Crippen LogP contribution in [-0.2, 0) is 4.74 Å². The molecule has 1 heterocycles. The summed E-state index contributed by atoms with van der Waals surface area (Å²) in [5, 5.41) is 6.81. The second-order valence-electron chi connectivity index (χ2n) is 3.19. The van der Waals surface area contributed by atoms with Crippen LogP contribution < -0.4 is 10.6 Å². The van der Waals surface area contributed by atoms with Gasteiger partial charge in [-0.15, -0.1) is 0 Å². The van der Waals surface area contributed by atoms with Gasteiger partial charge in [-0.2, -0.15) is 0 Å². The van der Waals surface area contributed by atoms with E-state index in [-0.39, 0.29) is 0 Å². The van der Waals surface area contributed by atoms with Crippen molar-refractivity contribution in [2.45, 2.75) is 25.8 Å². The number of ether oxygens (including phenoxy) is 1. The molecule has 0 atom stereocenters. The van der Waals surface area contributed by atoms with Crippen molar-refractivity contribution < 1.29 is 4.74 Å². The van der Waals surface area contributed by atoms with Gasteiger partial charge in [0.25, 0.3) is 0 Å². The fraction of sp³-hybridized carbons (Fsp3) is 1.00. The van der Waals surface area contributed by atoms with Crippen LogP contribution in [0.5, 0.6) is 0 Å². The molecule has 3 heteroatoms. The molecule has 0 radical (unpaired) electrons. The third-order valence-corrected chi connectivity index (χ3v) is 2.21. The molecule has 0 spiro atoms. The minimum absolute atomic E-state index is 0.692. The lowest BCUT2D eigenvalue weighted by molar-refractivity contribution is 0.0782. The molecule has 1 saturated heterocycles. The Morgan fingerprint density at radius 2 is 2.00 bits per heavy atom. The first-order chi connectivity index (χ1) is 5.93. The van der Waals surface area contributed by atoms with E-state index in [0.29, 0.717) is 6.04 Å². The highest BCUT2D eigenvalue weighted by Gasteiger charge is 2.11. The molecule has 3 nitrogen and oxygen atoms in total. The van der Waals surface area contributed by atoms with Gasteiger partial charge in [0.05, 0.1) is 0 Å². The summed E-state index contributed by atoms with van der Waals surface area (Å²) in [7, 11) is 0. The summed E-state index contributed by atoms with van der Waals surface area (Å²) in [6.07, 6.45) is 2.35. The summed E-state index contributed by atoms with van der Waals surface area (Å²) < 4.78 is 5.27. The average molecular weight is 172 g/mol. The smallest absolute Gasteiger partial charge is 0.0480 e. The highest BCUT2D eigenvalue weighted by atomic mass is 16.5. The van der Waals surface area contributed by atoms with E-state index in [4.69, 9.17) is 4.74 Å². The fourth-order valence-corrected chi connectivity index (χ4v) is 1.44. The van der Waals surface area contributed by atoms with Gasteiger partial charge in [-0.1, -0.05) is 6.92 Å². The zero-order valence-electron chi connectivity index (χ0n) is 7.94. The molecular weight excluding hydrogens is 152 g/mol. The van der Waals surface area contributed by atoms with Gasteiger partial charge < -0.3 is 15.4 Å². The topological polar surface area (TPSA) is 33.3 Å². The summed E-state index contributed by atoms with van der Waals surface area (Å²) >= 11 is 0. The first-order valence-corrected chi connectivity index (χ1v) is 4.95. The minimum Gasteiger partial charge on any atom is -0.381 e. The molecule has 1 aliphatic heterocycles. The Hall–Kier alpha value is -0.120. The summed E-state index contributed by atoms with van der Waals surface area (Å²) in [5.41, 5.74) is 0. The van der Waals surface area contributed by atoms with Crippen molar-refractivity contribution >= 4 is 0 Å². The van der Waals surface area contributed by atoms with Crippen molar-refractivity contribution in [2.24, 2.45) is 0 Å². The Bertz CT molecular complexity index is 103. The third kappa shape index (κ3) is 4.04. The Balaban J connectivity index is 1.91. The van der Waals surface area contributed by atoms with E-state index in [1.165, 1.54) is 12.8 Å². The van der Waals surface area contributed by atoms with Crippen LogP contribution in [0.2, 0.25) is 0 Å². The molecule has 72 valence electrons. The Kier molecular flexibility index (Phi) is 5.32. The number of rotatable bonds is 5. The molecule has 0 bridgehead atoms. The van der Waals surface area contributed by atoms with Gasteiger partial charge in [0.2, 0.25) is 0 Å². The molecule has 0 aromatic carbocycles. The van der Waals surface area contributed by atoms with Crippen molar-refractivity contribution in [2.75, 3.05) is 32.8 Å². The van der Waals surface area contributed by atoms with E-state index in [2.05, 4.69) is 17.6 Å². The van der Waals surface area contributed by atoms with E-state index in [0.717, 1.165) is 32.8 Å². The Morgan fingerprint density at radius 1 is 1.25 bits per heavy atom. The van der Waals surface area contributed by atoms with Crippen LogP contribution in [0.25, 0.3) is 0 Å². The zero-order valence-corrected chi connectivity index (χ0v) is 7.94. The zero-order chi connectivity index (χ0) is 8.65. The van der Waals surface area contributed by atoms with Crippen molar-refractivity contribution in [3.8, 4) is 0 Å². The molecule has 1 aliphatic rings.